The molecule has 35 heavy (non-hydrogen) atoms. The molecule has 0 saturated carbocycles. The van der Waals surface area contributed by atoms with Crippen molar-refractivity contribution in [2.45, 2.75) is 38.7 Å². The molecule has 1 aliphatic rings. The minimum absolute atomic E-state index is 0.278. The molecule has 0 fully saturated rings. The van der Waals surface area contributed by atoms with Gasteiger partial charge in [-0.1, -0.05) is 6.07 Å². The van der Waals surface area contributed by atoms with Crippen LogP contribution in [0.3, 0.4) is 0 Å². The Kier molecular flexibility index (Phi) is 6.34. The lowest BCUT2D eigenvalue weighted by atomic mass is 10.0. The zero-order chi connectivity index (χ0) is 24.4. The maximum atomic E-state index is 6.16. The monoisotopic (exact) mass is 471 g/mol. The van der Waals surface area contributed by atoms with Gasteiger partial charge in [-0.2, -0.15) is 4.98 Å². The lowest BCUT2D eigenvalue weighted by molar-refractivity contribution is 0.0775. The molecule has 7 heteroatoms. The first-order chi connectivity index (χ1) is 16.9. The Morgan fingerprint density at radius 2 is 1.89 bits per heavy atom. The number of ether oxygens (including phenoxy) is 2. The van der Waals surface area contributed by atoms with Crippen LogP contribution in [0.15, 0.2) is 60.7 Å². The van der Waals surface area contributed by atoms with E-state index in [1.54, 1.807) is 0 Å². The molecular formula is C28H33N5O2. The summed E-state index contributed by atoms with van der Waals surface area (Å²) in [6.07, 6.45) is 3.28. The number of nitrogens with one attached hydrogen (secondary N) is 1. The Labute approximate surface area is 206 Å². The minimum atomic E-state index is -0.278. The smallest absolute Gasteiger partial charge is 0.247 e. The Bertz CT molecular complexity index is 1310. The van der Waals surface area contributed by atoms with E-state index in [2.05, 4.69) is 48.3 Å². The standard InChI is InChI=1S/C28H33N5O2/c1-28(2,19-32(3)4)35-23-14-12-22(13-15-23)29-27-30-26-10-7-9-24(33(26)31-27)20-11-16-25-21(18-20)8-5-6-17-34-25/h7,9-16,18H,5-6,8,17,19H2,1-4H3,(H,29,31). The van der Waals surface area contributed by atoms with Crippen LogP contribution in [0.25, 0.3) is 16.9 Å². The topological polar surface area (TPSA) is 63.9 Å². The van der Waals surface area contributed by atoms with Gasteiger partial charge in [-0.3, -0.25) is 0 Å². The number of hydrogen-bond acceptors (Lipinski definition) is 6. The molecule has 2 aromatic carbocycles. The van der Waals surface area contributed by atoms with Crippen molar-refractivity contribution >= 4 is 17.3 Å². The van der Waals surface area contributed by atoms with Crippen LogP contribution in [0.4, 0.5) is 11.6 Å². The van der Waals surface area contributed by atoms with Gasteiger partial charge in [-0.15, -0.1) is 5.10 Å². The van der Waals surface area contributed by atoms with Gasteiger partial charge in [0.25, 0.3) is 0 Å². The van der Waals surface area contributed by atoms with E-state index in [-0.39, 0.29) is 5.60 Å². The maximum Gasteiger partial charge on any atom is 0.247 e. The van der Waals surface area contributed by atoms with Crippen LogP contribution in [-0.4, -0.2) is 52.3 Å². The summed E-state index contributed by atoms with van der Waals surface area (Å²) < 4.78 is 13.9. The fraction of sp³-hybridized carbons (Fsp3) is 0.357. The molecule has 4 aromatic rings. The van der Waals surface area contributed by atoms with Crippen LogP contribution in [0.1, 0.15) is 32.3 Å². The van der Waals surface area contributed by atoms with Crippen molar-refractivity contribution in [1.82, 2.24) is 19.5 Å². The number of hydrogen-bond donors (Lipinski definition) is 1. The Morgan fingerprint density at radius 3 is 2.69 bits per heavy atom. The van der Waals surface area contributed by atoms with Gasteiger partial charge in [0.1, 0.15) is 17.1 Å². The fourth-order valence-corrected chi connectivity index (χ4v) is 4.70. The summed E-state index contributed by atoms with van der Waals surface area (Å²) in [5, 5.41) is 8.08. The molecule has 0 amide bonds. The summed E-state index contributed by atoms with van der Waals surface area (Å²) in [5.41, 5.74) is 4.79. The molecule has 182 valence electrons. The van der Waals surface area contributed by atoms with E-state index in [4.69, 9.17) is 19.6 Å². The summed E-state index contributed by atoms with van der Waals surface area (Å²) in [4.78, 5) is 6.81. The molecule has 1 N–H and O–H groups in total. The van der Waals surface area contributed by atoms with E-state index < -0.39 is 0 Å². The summed E-state index contributed by atoms with van der Waals surface area (Å²) >= 11 is 0. The zero-order valence-corrected chi connectivity index (χ0v) is 20.9. The van der Waals surface area contributed by atoms with Gasteiger partial charge in [0.2, 0.25) is 5.95 Å². The number of likely N-dealkylation sites (N-methyl/N-ethyl adjacent to an activating group) is 1. The number of anilines is 2. The van der Waals surface area contributed by atoms with Crippen LogP contribution in [0.2, 0.25) is 0 Å². The predicted molar refractivity (Wildman–Crippen MR) is 140 cm³/mol. The molecule has 5 rings (SSSR count). The summed E-state index contributed by atoms with van der Waals surface area (Å²) in [6.45, 7) is 5.81. The van der Waals surface area contributed by atoms with Gasteiger partial charge >= 0.3 is 0 Å². The van der Waals surface area contributed by atoms with E-state index in [1.165, 1.54) is 5.56 Å². The highest BCUT2D eigenvalue weighted by Crippen LogP contribution is 2.30. The summed E-state index contributed by atoms with van der Waals surface area (Å²) in [7, 11) is 4.10. The Hall–Kier alpha value is -3.58. The van der Waals surface area contributed by atoms with Gasteiger partial charge in [-0.05, 0) is 107 Å². The molecule has 2 aromatic heterocycles. The van der Waals surface area contributed by atoms with Gasteiger partial charge in [0, 0.05) is 17.8 Å². The van der Waals surface area contributed by atoms with E-state index in [1.807, 2.05) is 55.0 Å². The average Bonchev–Trinajstić information content (AvgIpc) is 3.07. The van der Waals surface area contributed by atoms with E-state index >= 15 is 0 Å². The van der Waals surface area contributed by atoms with E-state index in [0.717, 1.165) is 66.5 Å². The molecule has 3 heterocycles. The van der Waals surface area contributed by atoms with Gasteiger partial charge in [0.05, 0.1) is 12.3 Å². The lowest BCUT2D eigenvalue weighted by Gasteiger charge is -2.29. The molecule has 1 aliphatic heterocycles. The molecule has 0 saturated heterocycles. The van der Waals surface area contributed by atoms with Crippen LogP contribution < -0.4 is 14.8 Å². The first kappa shape index (κ1) is 23.2. The molecule has 0 spiro atoms. The summed E-state index contributed by atoms with van der Waals surface area (Å²) in [5.74, 6) is 2.38. The number of pyridine rings is 1. The largest absolute Gasteiger partial charge is 0.493 e. The van der Waals surface area contributed by atoms with Crippen molar-refractivity contribution in [3.8, 4) is 22.8 Å². The van der Waals surface area contributed by atoms with E-state index in [0.29, 0.717) is 5.95 Å². The molecule has 0 atom stereocenters. The number of rotatable bonds is 7. The lowest BCUT2D eigenvalue weighted by Crippen LogP contribution is -2.39. The van der Waals surface area contributed by atoms with Crippen molar-refractivity contribution in [2.24, 2.45) is 0 Å². The first-order valence-electron chi connectivity index (χ1n) is 12.2. The molecule has 0 bridgehead atoms. The number of nitrogens with zero attached hydrogens (tertiary/aromatic N) is 4. The van der Waals surface area contributed by atoms with Gasteiger partial charge < -0.3 is 19.7 Å². The Balaban J connectivity index is 1.36. The second-order valence-corrected chi connectivity index (χ2v) is 9.99. The molecule has 0 aliphatic carbocycles. The minimum Gasteiger partial charge on any atom is -0.493 e. The maximum absolute atomic E-state index is 6.16. The SMILES string of the molecule is CN(C)CC(C)(C)Oc1ccc(Nc2nc3cccc(-c4ccc5c(c4)CCCCO5)n3n2)cc1. The number of fused-ring (bicyclic) bond motifs is 2. The quantitative estimate of drug-likeness (QED) is 0.380. The fourth-order valence-electron chi connectivity index (χ4n) is 4.70. The second kappa shape index (κ2) is 9.58. The van der Waals surface area contributed by atoms with Crippen LogP contribution in [-0.2, 0) is 6.42 Å². The van der Waals surface area contributed by atoms with Crippen molar-refractivity contribution in [2.75, 3.05) is 32.6 Å². The highest BCUT2D eigenvalue weighted by molar-refractivity contribution is 5.66. The van der Waals surface area contributed by atoms with Crippen molar-refractivity contribution in [1.29, 1.82) is 0 Å². The third-order valence-corrected chi connectivity index (χ3v) is 6.02. The number of aryl methyl sites for hydroxylation is 1. The normalized spacial score (nSPS) is 13.9. The molecular weight excluding hydrogens is 438 g/mol. The first-order valence-corrected chi connectivity index (χ1v) is 12.2. The number of benzene rings is 2. The van der Waals surface area contributed by atoms with Crippen molar-refractivity contribution in [3.05, 3.63) is 66.2 Å². The van der Waals surface area contributed by atoms with E-state index in [9.17, 15) is 0 Å². The second-order valence-electron chi connectivity index (χ2n) is 9.99. The average molecular weight is 472 g/mol. The highest BCUT2D eigenvalue weighted by Gasteiger charge is 2.21. The van der Waals surface area contributed by atoms with Crippen molar-refractivity contribution in [3.63, 3.8) is 0 Å². The molecule has 7 nitrogen and oxygen atoms in total. The van der Waals surface area contributed by atoms with Crippen LogP contribution in [0, 0.1) is 0 Å². The third-order valence-electron chi connectivity index (χ3n) is 6.02. The Morgan fingerprint density at radius 1 is 1.06 bits per heavy atom. The molecule has 0 unspecified atom stereocenters. The van der Waals surface area contributed by atoms with Crippen molar-refractivity contribution < 1.29 is 9.47 Å². The third kappa shape index (κ3) is 5.41. The van der Waals surface area contributed by atoms with Crippen LogP contribution in [0.5, 0.6) is 11.5 Å². The van der Waals surface area contributed by atoms with Crippen LogP contribution >= 0.6 is 0 Å². The van der Waals surface area contributed by atoms with Gasteiger partial charge in [0.15, 0.2) is 5.65 Å². The van der Waals surface area contributed by atoms with Gasteiger partial charge in [-0.25, -0.2) is 4.52 Å². The highest BCUT2D eigenvalue weighted by atomic mass is 16.5. The predicted octanol–water partition coefficient (Wildman–Crippen LogP) is 5.57. The summed E-state index contributed by atoms with van der Waals surface area (Å²) in [6, 6.07) is 20.4. The molecule has 0 radical (unpaired) electrons. The number of aromatic nitrogens is 3. The zero-order valence-electron chi connectivity index (χ0n) is 20.9.